The van der Waals surface area contributed by atoms with Crippen LogP contribution in [0.4, 0.5) is 11.4 Å². The maximum absolute atomic E-state index is 6.02. The van der Waals surface area contributed by atoms with Crippen LogP contribution in [0.15, 0.2) is 18.2 Å². The molecule has 0 saturated heterocycles. The van der Waals surface area contributed by atoms with Crippen LogP contribution in [0.5, 0.6) is 5.75 Å². The van der Waals surface area contributed by atoms with E-state index in [1.54, 1.807) is 0 Å². The molecule has 0 heterocycles. The predicted molar refractivity (Wildman–Crippen MR) is 74.7 cm³/mol. The van der Waals surface area contributed by atoms with Crippen molar-refractivity contribution < 1.29 is 4.74 Å². The van der Waals surface area contributed by atoms with Crippen LogP contribution in [0.25, 0.3) is 0 Å². The van der Waals surface area contributed by atoms with Gasteiger partial charge in [0.05, 0.1) is 18.0 Å². The molecule has 3 nitrogen and oxygen atoms in total. The van der Waals surface area contributed by atoms with Gasteiger partial charge < -0.3 is 15.8 Å². The Bertz CT molecular complexity index is 326. The number of hydrogen-bond donors (Lipinski definition) is 2. The summed E-state index contributed by atoms with van der Waals surface area (Å²) in [7, 11) is 0. The number of para-hydroxylation sites is 1. The van der Waals surface area contributed by atoms with Crippen molar-refractivity contribution in [3.8, 4) is 5.75 Å². The molecule has 0 radical (unpaired) electrons. The highest BCUT2D eigenvalue weighted by atomic mass is 16.5. The molecule has 1 rings (SSSR count). The van der Waals surface area contributed by atoms with Crippen LogP contribution in [0.2, 0.25) is 0 Å². The Kier molecular flexibility index (Phi) is 6.30. The van der Waals surface area contributed by atoms with Gasteiger partial charge in [-0.15, -0.1) is 0 Å². The minimum absolute atomic E-state index is 0.643. The number of ether oxygens (including phenoxy) is 1. The molecule has 0 bridgehead atoms. The fraction of sp³-hybridized carbons (Fsp3) is 0.571. The molecule has 0 aromatic heterocycles. The van der Waals surface area contributed by atoms with Crippen molar-refractivity contribution in [3.05, 3.63) is 18.2 Å². The average Bonchev–Trinajstić information content (AvgIpc) is 2.33. The molecule has 1 aromatic carbocycles. The summed E-state index contributed by atoms with van der Waals surface area (Å²) in [6.45, 7) is 5.80. The molecule has 0 spiro atoms. The highest BCUT2D eigenvalue weighted by Gasteiger charge is 2.04. The van der Waals surface area contributed by atoms with Gasteiger partial charge in [0.25, 0.3) is 0 Å². The molecule has 0 fully saturated rings. The summed E-state index contributed by atoms with van der Waals surface area (Å²) >= 11 is 0. The van der Waals surface area contributed by atoms with Crippen LogP contribution >= 0.6 is 0 Å². The summed E-state index contributed by atoms with van der Waals surface area (Å²) in [4.78, 5) is 0. The summed E-state index contributed by atoms with van der Waals surface area (Å²) in [5.74, 6) is 0.769. The van der Waals surface area contributed by atoms with Crippen LogP contribution in [-0.2, 0) is 0 Å². The Morgan fingerprint density at radius 2 is 2.00 bits per heavy atom. The largest absolute Gasteiger partial charge is 0.492 e. The van der Waals surface area contributed by atoms with Gasteiger partial charge in [-0.1, -0.05) is 32.3 Å². The second-order valence-electron chi connectivity index (χ2n) is 4.14. The van der Waals surface area contributed by atoms with E-state index >= 15 is 0 Å². The molecule has 1 aromatic rings. The lowest BCUT2D eigenvalue weighted by Crippen LogP contribution is -2.05. The van der Waals surface area contributed by atoms with E-state index in [-0.39, 0.29) is 0 Å². The molecular weight excluding hydrogens is 212 g/mol. The first-order valence-corrected chi connectivity index (χ1v) is 6.54. The molecular formula is C14H24N2O. The van der Waals surface area contributed by atoms with Crippen LogP contribution in [0.1, 0.15) is 39.5 Å². The van der Waals surface area contributed by atoms with E-state index in [1.165, 1.54) is 25.7 Å². The first kappa shape index (κ1) is 13.7. The van der Waals surface area contributed by atoms with E-state index in [9.17, 15) is 0 Å². The third-order valence-electron chi connectivity index (χ3n) is 2.71. The van der Waals surface area contributed by atoms with Crippen LogP contribution in [-0.4, -0.2) is 13.2 Å². The van der Waals surface area contributed by atoms with Crippen molar-refractivity contribution in [2.24, 2.45) is 0 Å². The molecule has 0 aliphatic rings. The molecule has 96 valence electrons. The molecule has 0 saturated carbocycles. The number of unbranched alkanes of at least 4 members (excludes halogenated alkanes) is 3. The molecule has 17 heavy (non-hydrogen) atoms. The van der Waals surface area contributed by atoms with Gasteiger partial charge >= 0.3 is 0 Å². The number of anilines is 2. The fourth-order valence-electron chi connectivity index (χ4n) is 1.75. The van der Waals surface area contributed by atoms with Gasteiger partial charge in [0, 0.05) is 6.54 Å². The smallest absolute Gasteiger partial charge is 0.144 e. The van der Waals surface area contributed by atoms with Gasteiger partial charge in [0.1, 0.15) is 5.75 Å². The Labute approximate surface area is 104 Å². The van der Waals surface area contributed by atoms with Crippen molar-refractivity contribution in [1.29, 1.82) is 0 Å². The summed E-state index contributed by atoms with van der Waals surface area (Å²) in [5.41, 5.74) is 7.71. The molecule has 3 heteroatoms. The van der Waals surface area contributed by atoms with E-state index in [1.807, 2.05) is 25.1 Å². The second-order valence-corrected chi connectivity index (χ2v) is 4.14. The number of benzene rings is 1. The van der Waals surface area contributed by atoms with Crippen molar-refractivity contribution in [3.63, 3.8) is 0 Å². The molecule has 3 N–H and O–H groups in total. The fourth-order valence-corrected chi connectivity index (χ4v) is 1.75. The van der Waals surface area contributed by atoms with Gasteiger partial charge in [-0.3, -0.25) is 0 Å². The predicted octanol–water partition coefficient (Wildman–Crippen LogP) is 3.66. The van der Waals surface area contributed by atoms with E-state index in [2.05, 4.69) is 12.2 Å². The number of nitrogens with two attached hydrogens (primary N) is 1. The molecule has 0 atom stereocenters. The summed E-state index contributed by atoms with van der Waals surface area (Å²) in [5, 5.41) is 3.37. The average molecular weight is 236 g/mol. The summed E-state index contributed by atoms with van der Waals surface area (Å²) in [6.07, 6.45) is 5.03. The Hall–Kier alpha value is -1.38. The Balaban J connectivity index is 2.44. The van der Waals surface area contributed by atoms with Crippen LogP contribution < -0.4 is 15.8 Å². The van der Waals surface area contributed by atoms with Crippen molar-refractivity contribution in [2.45, 2.75) is 39.5 Å². The van der Waals surface area contributed by atoms with E-state index in [4.69, 9.17) is 10.5 Å². The van der Waals surface area contributed by atoms with Crippen LogP contribution in [0.3, 0.4) is 0 Å². The van der Waals surface area contributed by atoms with Gasteiger partial charge in [0.15, 0.2) is 0 Å². The first-order valence-electron chi connectivity index (χ1n) is 6.54. The number of nitrogens with one attached hydrogen (secondary N) is 1. The maximum atomic E-state index is 6.02. The zero-order chi connectivity index (χ0) is 12.5. The second kappa shape index (κ2) is 7.82. The number of rotatable bonds is 8. The van der Waals surface area contributed by atoms with Crippen LogP contribution in [0, 0.1) is 0 Å². The third-order valence-corrected chi connectivity index (χ3v) is 2.71. The van der Waals surface area contributed by atoms with E-state index in [0.717, 1.165) is 18.0 Å². The SMILES string of the molecule is CCCCCCNc1cccc(OCC)c1N. The molecule has 0 aliphatic heterocycles. The Morgan fingerprint density at radius 1 is 1.18 bits per heavy atom. The van der Waals surface area contributed by atoms with E-state index < -0.39 is 0 Å². The van der Waals surface area contributed by atoms with Crippen molar-refractivity contribution in [2.75, 3.05) is 24.2 Å². The summed E-state index contributed by atoms with van der Waals surface area (Å²) < 4.78 is 5.46. The normalized spacial score (nSPS) is 10.2. The minimum atomic E-state index is 0.643. The highest BCUT2D eigenvalue weighted by molar-refractivity contribution is 5.72. The van der Waals surface area contributed by atoms with E-state index in [0.29, 0.717) is 12.3 Å². The lowest BCUT2D eigenvalue weighted by molar-refractivity contribution is 0.342. The number of nitrogen functional groups attached to an aromatic ring is 1. The monoisotopic (exact) mass is 236 g/mol. The quantitative estimate of drug-likeness (QED) is 0.535. The maximum Gasteiger partial charge on any atom is 0.144 e. The lowest BCUT2D eigenvalue weighted by atomic mass is 10.2. The van der Waals surface area contributed by atoms with Gasteiger partial charge in [0.2, 0.25) is 0 Å². The zero-order valence-corrected chi connectivity index (χ0v) is 11.0. The summed E-state index contributed by atoms with van der Waals surface area (Å²) in [6, 6.07) is 5.87. The molecule has 0 aliphatic carbocycles. The standard InChI is InChI=1S/C14H24N2O/c1-3-5-6-7-11-16-12-9-8-10-13(14(12)15)17-4-2/h8-10,16H,3-7,11,15H2,1-2H3. The Morgan fingerprint density at radius 3 is 2.71 bits per heavy atom. The molecule has 0 amide bonds. The first-order chi connectivity index (χ1) is 8.29. The van der Waals surface area contributed by atoms with Gasteiger partial charge in [-0.25, -0.2) is 0 Å². The highest BCUT2D eigenvalue weighted by Crippen LogP contribution is 2.29. The van der Waals surface area contributed by atoms with Gasteiger partial charge in [-0.05, 0) is 25.5 Å². The van der Waals surface area contributed by atoms with Crippen molar-refractivity contribution >= 4 is 11.4 Å². The zero-order valence-electron chi connectivity index (χ0n) is 11.0. The van der Waals surface area contributed by atoms with Crippen molar-refractivity contribution in [1.82, 2.24) is 0 Å². The third kappa shape index (κ3) is 4.55. The molecule has 0 unspecified atom stereocenters. The lowest BCUT2D eigenvalue weighted by Gasteiger charge is -2.12. The number of hydrogen-bond acceptors (Lipinski definition) is 3. The van der Waals surface area contributed by atoms with Gasteiger partial charge in [-0.2, -0.15) is 0 Å². The minimum Gasteiger partial charge on any atom is -0.492 e. The topological polar surface area (TPSA) is 47.3 Å².